The lowest BCUT2D eigenvalue weighted by molar-refractivity contribution is 0.154. The Morgan fingerprint density at radius 1 is 1.30 bits per heavy atom. The molecule has 20 heavy (non-hydrogen) atoms. The molecule has 6 nitrogen and oxygen atoms in total. The van der Waals surface area contributed by atoms with Crippen molar-refractivity contribution in [1.82, 2.24) is 0 Å². The van der Waals surface area contributed by atoms with Gasteiger partial charge in [0, 0.05) is 0 Å². The van der Waals surface area contributed by atoms with Crippen molar-refractivity contribution in [2.75, 3.05) is 4.72 Å². The normalized spacial score (nSPS) is 16.4. The van der Waals surface area contributed by atoms with Crippen LogP contribution in [0.3, 0.4) is 0 Å². The first-order chi connectivity index (χ1) is 9.49. The Balaban J connectivity index is 2.24. The minimum absolute atomic E-state index is 0.0839. The number of nitrogens with two attached hydrogens (primary N) is 1. The van der Waals surface area contributed by atoms with E-state index in [1.165, 1.54) is 12.5 Å². The predicted molar refractivity (Wildman–Crippen MR) is 75.4 cm³/mol. The van der Waals surface area contributed by atoms with E-state index in [1.807, 2.05) is 6.07 Å². The standard InChI is InChI=1S/C13H17N3O3S/c14-9-11-12(16-20(15,17)18)7-4-8-13(11)19-10-5-2-1-3-6-10/h4,7-8,10,16H,1-3,5-6H2,(H2,15,17,18). The summed E-state index contributed by atoms with van der Waals surface area (Å²) in [5.41, 5.74) is 0.301. The van der Waals surface area contributed by atoms with Crippen molar-refractivity contribution in [3.8, 4) is 11.8 Å². The van der Waals surface area contributed by atoms with Crippen molar-refractivity contribution in [1.29, 1.82) is 5.26 Å². The van der Waals surface area contributed by atoms with Gasteiger partial charge in [-0.05, 0) is 37.8 Å². The number of nitrogens with one attached hydrogen (secondary N) is 1. The number of anilines is 1. The molecule has 0 unspecified atom stereocenters. The van der Waals surface area contributed by atoms with Gasteiger partial charge in [0.1, 0.15) is 17.4 Å². The molecule has 0 radical (unpaired) electrons. The van der Waals surface area contributed by atoms with Crippen LogP contribution in [-0.4, -0.2) is 14.5 Å². The Bertz CT molecular complexity index is 616. The quantitative estimate of drug-likeness (QED) is 0.884. The molecule has 1 saturated carbocycles. The van der Waals surface area contributed by atoms with Gasteiger partial charge < -0.3 is 4.74 Å². The second-order valence-corrected chi connectivity index (χ2v) is 6.11. The highest BCUT2D eigenvalue weighted by atomic mass is 32.2. The fourth-order valence-electron chi connectivity index (χ4n) is 2.35. The highest BCUT2D eigenvalue weighted by Gasteiger charge is 2.18. The Hall–Kier alpha value is -1.78. The average molecular weight is 295 g/mol. The molecule has 0 amide bonds. The summed E-state index contributed by atoms with van der Waals surface area (Å²) in [5, 5.41) is 14.2. The van der Waals surface area contributed by atoms with E-state index >= 15 is 0 Å². The third-order valence-corrected chi connectivity index (χ3v) is 3.74. The van der Waals surface area contributed by atoms with Crippen LogP contribution in [0.15, 0.2) is 18.2 Å². The predicted octanol–water partition coefficient (Wildman–Crippen LogP) is 1.89. The fraction of sp³-hybridized carbons (Fsp3) is 0.462. The summed E-state index contributed by atoms with van der Waals surface area (Å²) in [6.45, 7) is 0. The molecule has 0 atom stereocenters. The van der Waals surface area contributed by atoms with Crippen LogP contribution in [0.4, 0.5) is 5.69 Å². The van der Waals surface area contributed by atoms with Crippen LogP contribution in [0.25, 0.3) is 0 Å². The van der Waals surface area contributed by atoms with Crippen molar-refractivity contribution in [2.24, 2.45) is 5.14 Å². The van der Waals surface area contributed by atoms with Crippen LogP contribution in [-0.2, 0) is 10.2 Å². The summed E-state index contributed by atoms with van der Waals surface area (Å²) in [6.07, 6.45) is 5.43. The summed E-state index contributed by atoms with van der Waals surface area (Å²) in [5.74, 6) is 0.396. The van der Waals surface area contributed by atoms with Gasteiger partial charge in [0.2, 0.25) is 0 Å². The molecular formula is C13H17N3O3S. The van der Waals surface area contributed by atoms with Gasteiger partial charge >= 0.3 is 0 Å². The summed E-state index contributed by atoms with van der Waals surface area (Å²) >= 11 is 0. The number of ether oxygens (including phenoxy) is 1. The van der Waals surface area contributed by atoms with Gasteiger partial charge in [-0.25, -0.2) is 5.14 Å². The second-order valence-electron chi connectivity index (χ2n) is 4.82. The van der Waals surface area contributed by atoms with Crippen LogP contribution in [0.1, 0.15) is 37.7 Å². The number of benzene rings is 1. The molecule has 0 heterocycles. The molecular weight excluding hydrogens is 278 g/mol. The Kier molecular flexibility index (Phi) is 4.47. The lowest BCUT2D eigenvalue weighted by Crippen LogP contribution is -2.23. The molecule has 108 valence electrons. The van der Waals surface area contributed by atoms with Gasteiger partial charge in [-0.2, -0.15) is 13.7 Å². The summed E-state index contributed by atoms with van der Waals surface area (Å²) in [7, 11) is -3.92. The Morgan fingerprint density at radius 3 is 2.60 bits per heavy atom. The van der Waals surface area contributed by atoms with E-state index in [2.05, 4.69) is 4.72 Å². The Labute approximate surface area is 118 Å². The van der Waals surface area contributed by atoms with E-state index in [-0.39, 0.29) is 17.4 Å². The molecule has 0 bridgehead atoms. The third-order valence-electron chi connectivity index (χ3n) is 3.24. The van der Waals surface area contributed by atoms with Crippen molar-refractivity contribution >= 4 is 15.9 Å². The maximum absolute atomic E-state index is 11.1. The maximum atomic E-state index is 11.1. The monoisotopic (exact) mass is 295 g/mol. The second kappa shape index (κ2) is 6.11. The number of rotatable bonds is 4. The van der Waals surface area contributed by atoms with E-state index in [9.17, 15) is 13.7 Å². The molecule has 0 spiro atoms. The highest BCUT2D eigenvalue weighted by Crippen LogP contribution is 2.30. The molecule has 0 aromatic heterocycles. The number of hydrogen-bond donors (Lipinski definition) is 2. The number of hydrogen-bond acceptors (Lipinski definition) is 4. The van der Waals surface area contributed by atoms with E-state index in [0.29, 0.717) is 5.75 Å². The van der Waals surface area contributed by atoms with Crippen LogP contribution < -0.4 is 14.6 Å². The third kappa shape index (κ3) is 3.85. The first-order valence-electron chi connectivity index (χ1n) is 6.50. The van der Waals surface area contributed by atoms with E-state index in [4.69, 9.17) is 9.88 Å². The fourth-order valence-corrected chi connectivity index (χ4v) is 2.82. The van der Waals surface area contributed by atoms with Crippen molar-refractivity contribution in [2.45, 2.75) is 38.2 Å². The molecule has 2 rings (SSSR count). The van der Waals surface area contributed by atoms with Gasteiger partial charge in [0.25, 0.3) is 10.2 Å². The molecule has 1 aliphatic rings. The van der Waals surface area contributed by atoms with Gasteiger partial charge in [-0.15, -0.1) is 0 Å². The molecule has 1 fully saturated rings. The zero-order valence-corrected chi connectivity index (χ0v) is 11.8. The van der Waals surface area contributed by atoms with E-state index in [0.717, 1.165) is 25.7 Å². The number of nitriles is 1. The highest BCUT2D eigenvalue weighted by molar-refractivity contribution is 7.90. The summed E-state index contributed by atoms with van der Waals surface area (Å²) < 4.78 is 30.1. The SMILES string of the molecule is N#Cc1c(NS(N)(=O)=O)cccc1OC1CCCCC1. The molecule has 1 aromatic rings. The number of nitrogens with zero attached hydrogens (tertiary/aromatic N) is 1. The molecule has 3 N–H and O–H groups in total. The Morgan fingerprint density at radius 2 is 2.00 bits per heavy atom. The minimum atomic E-state index is -3.92. The molecule has 7 heteroatoms. The van der Waals surface area contributed by atoms with E-state index < -0.39 is 10.2 Å². The van der Waals surface area contributed by atoms with Crippen LogP contribution in [0.5, 0.6) is 5.75 Å². The molecule has 0 aliphatic heterocycles. The van der Waals surface area contributed by atoms with E-state index in [1.54, 1.807) is 12.1 Å². The lowest BCUT2D eigenvalue weighted by Gasteiger charge is -2.23. The van der Waals surface area contributed by atoms with Crippen LogP contribution >= 0.6 is 0 Å². The molecule has 0 saturated heterocycles. The van der Waals surface area contributed by atoms with Crippen LogP contribution in [0, 0.1) is 11.3 Å². The van der Waals surface area contributed by atoms with Gasteiger partial charge in [-0.3, -0.25) is 4.72 Å². The van der Waals surface area contributed by atoms with Gasteiger partial charge in [-0.1, -0.05) is 12.5 Å². The molecule has 1 aromatic carbocycles. The maximum Gasteiger partial charge on any atom is 0.296 e. The van der Waals surface area contributed by atoms with Crippen LogP contribution in [0.2, 0.25) is 0 Å². The van der Waals surface area contributed by atoms with Crippen molar-refractivity contribution < 1.29 is 13.2 Å². The van der Waals surface area contributed by atoms with Crippen molar-refractivity contribution in [3.05, 3.63) is 23.8 Å². The van der Waals surface area contributed by atoms with Crippen molar-refractivity contribution in [3.63, 3.8) is 0 Å². The first-order valence-corrected chi connectivity index (χ1v) is 8.04. The zero-order chi connectivity index (χ0) is 14.6. The largest absolute Gasteiger partial charge is 0.489 e. The lowest BCUT2D eigenvalue weighted by atomic mass is 9.97. The summed E-state index contributed by atoms with van der Waals surface area (Å²) in [6, 6.07) is 6.75. The smallest absolute Gasteiger partial charge is 0.296 e. The minimum Gasteiger partial charge on any atom is -0.489 e. The topological polar surface area (TPSA) is 105 Å². The first kappa shape index (κ1) is 14.6. The zero-order valence-electron chi connectivity index (χ0n) is 11.0. The average Bonchev–Trinajstić information content (AvgIpc) is 2.38. The van der Waals surface area contributed by atoms with Gasteiger partial charge in [0.05, 0.1) is 11.8 Å². The van der Waals surface area contributed by atoms with Gasteiger partial charge in [0.15, 0.2) is 0 Å². The summed E-state index contributed by atoms with van der Waals surface area (Å²) in [4.78, 5) is 0. The molecule has 1 aliphatic carbocycles.